The number of non-ortho nitro benzene ring substituents is 1. The van der Waals surface area contributed by atoms with Crippen molar-refractivity contribution in [3.8, 4) is 0 Å². The molecule has 0 amide bonds. The predicted molar refractivity (Wildman–Crippen MR) is 129 cm³/mol. The van der Waals surface area contributed by atoms with Crippen LogP contribution in [0.25, 0.3) is 0 Å². The van der Waals surface area contributed by atoms with Crippen molar-refractivity contribution < 1.29 is 23.7 Å². The molecule has 10 heteroatoms. The maximum atomic E-state index is 12.4. The summed E-state index contributed by atoms with van der Waals surface area (Å²) in [7, 11) is 7.24. The minimum absolute atomic E-state index is 0.0543. The van der Waals surface area contributed by atoms with Gasteiger partial charge in [0.15, 0.2) is 0 Å². The molecule has 9 nitrogen and oxygen atoms in total. The Balaban J connectivity index is 1.82. The van der Waals surface area contributed by atoms with Gasteiger partial charge in [-0.2, -0.15) is 0 Å². The van der Waals surface area contributed by atoms with Crippen molar-refractivity contribution in [1.29, 1.82) is 0 Å². The van der Waals surface area contributed by atoms with E-state index in [4.69, 9.17) is 14.5 Å². The summed E-state index contributed by atoms with van der Waals surface area (Å²) < 4.78 is 15.1. The fourth-order valence-electron chi connectivity index (χ4n) is 3.31. The van der Waals surface area contributed by atoms with E-state index in [0.717, 1.165) is 20.4 Å². The molecule has 0 N–H and O–H groups in total. The topological polar surface area (TPSA) is 96.5 Å². The van der Waals surface area contributed by atoms with Crippen LogP contribution in [0.15, 0.2) is 60.8 Å². The molecule has 0 spiro atoms. The van der Waals surface area contributed by atoms with E-state index in [1.54, 1.807) is 12.1 Å². The average molecular weight is 532 g/mol. The number of hydrogen-bond acceptors (Lipinski definition) is 6. The van der Waals surface area contributed by atoms with Crippen molar-refractivity contribution in [3.63, 3.8) is 0 Å². The fourth-order valence-corrected chi connectivity index (χ4v) is 5.13. The molecule has 1 heterocycles. The van der Waals surface area contributed by atoms with Crippen LogP contribution in [0.1, 0.15) is 11.3 Å². The second-order valence-corrected chi connectivity index (χ2v) is 10.8. The zero-order valence-electron chi connectivity index (χ0n) is 19.7. The number of ether oxygens (including phenoxy) is 2. The summed E-state index contributed by atoms with van der Waals surface area (Å²) in [5, 5.41) is 11.0. The van der Waals surface area contributed by atoms with E-state index >= 15 is 0 Å². The molecule has 0 unspecified atom stereocenters. The zero-order chi connectivity index (χ0) is 24.7. The van der Waals surface area contributed by atoms with E-state index in [2.05, 4.69) is 0 Å². The van der Waals surface area contributed by atoms with Crippen molar-refractivity contribution >= 4 is 35.8 Å². The second kappa shape index (κ2) is 11.4. The number of methoxy groups -OCH3 is 1. The monoisotopic (exact) mass is 533 g/mol. The number of benzene rings is 2. The van der Waals surface area contributed by atoms with Crippen molar-refractivity contribution in [3.05, 3.63) is 82.2 Å². The Kier molecular flexibility index (Phi) is 8.57. The van der Waals surface area contributed by atoms with Gasteiger partial charge in [-0.3, -0.25) is 0 Å². The molecule has 1 aromatic heterocycles. The number of rotatable bonds is 11. The molecule has 0 radical (unpaired) electrons. The average Bonchev–Trinajstić information content (AvgIpc) is 3.18. The molecular weight excluding hydrogens is 503 g/mol. The summed E-state index contributed by atoms with van der Waals surface area (Å²) in [5.41, 5.74) is 1.89. The van der Waals surface area contributed by atoms with Crippen LogP contribution < -0.4 is 9.18 Å². The van der Waals surface area contributed by atoms with Gasteiger partial charge in [0.05, 0.1) is 0 Å². The third-order valence-corrected chi connectivity index (χ3v) is 7.33. The number of nitro benzene ring substituents is 1. The number of imidazole rings is 1. The Morgan fingerprint density at radius 3 is 2.41 bits per heavy atom. The Labute approximate surface area is 205 Å². The fraction of sp³-hybridized carbons (Fsp3) is 0.333. The van der Waals surface area contributed by atoms with Crippen molar-refractivity contribution in [1.82, 2.24) is 9.55 Å². The molecule has 0 aliphatic heterocycles. The van der Waals surface area contributed by atoms with Crippen LogP contribution in [-0.2, 0) is 34.0 Å². The van der Waals surface area contributed by atoms with E-state index in [0.29, 0.717) is 24.2 Å². The van der Waals surface area contributed by atoms with Gasteiger partial charge >= 0.3 is 205 Å². The summed E-state index contributed by atoms with van der Waals surface area (Å²) in [6.45, 7) is 0.765. The van der Waals surface area contributed by atoms with Crippen LogP contribution in [0.2, 0.25) is 0 Å². The van der Waals surface area contributed by atoms with Crippen molar-refractivity contribution in [2.24, 2.45) is 0 Å². The molecule has 1 atom stereocenters. The molecule has 2 aromatic carbocycles. The van der Waals surface area contributed by atoms with Crippen LogP contribution in [0.5, 0.6) is 0 Å². The second-order valence-electron chi connectivity index (χ2n) is 8.66. The number of quaternary nitrogens is 1. The first kappa shape index (κ1) is 25.6. The van der Waals surface area contributed by atoms with E-state index in [9.17, 15) is 14.9 Å². The normalized spacial score (nSPS) is 12.4. The number of likely N-dealkylation sites (N-methyl/N-ethyl adjacent to an activating group) is 1. The molecule has 34 heavy (non-hydrogen) atoms. The van der Waals surface area contributed by atoms with Crippen molar-refractivity contribution in [2.45, 2.75) is 25.8 Å². The van der Waals surface area contributed by atoms with Crippen LogP contribution in [0.4, 0.5) is 5.69 Å². The van der Waals surface area contributed by atoms with Gasteiger partial charge < -0.3 is 0 Å². The number of nitrogens with zero attached hydrogens (tertiary/aromatic N) is 4. The van der Waals surface area contributed by atoms with E-state index in [-0.39, 0.29) is 26.6 Å². The molecule has 0 bridgehead atoms. The maximum absolute atomic E-state index is 12.4. The van der Waals surface area contributed by atoms with Gasteiger partial charge in [0, 0.05) is 0 Å². The standard InChI is InChI=1S/C24H29N4O5Se/c1-28(2,3)22(23(29)32-4)14-19-15-26(17-33-16-18-8-6-5-7-9-18)24(25-19)34-21-12-10-20(11-13-21)27(30)31/h5-13,15,22H,14,16-17H2,1-4H3/q+1/t22-/m0/s1. The first-order valence-corrected chi connectivity index (χ1v) is 12.4. The molecule has 0 aliphatic carbocycles. The summed E-state index contributed by atoms with van der Waals surface area (Å²) in [6.07, 6.45) is 2.34. The number of carbonyl (C=O) groups excluding carboxylic acids is 1. The van der Waals surface area contributed by atoms with Gasteiger partial charge in [-0.25, -0.2) is 0 Å². The van der Waals surface area contributed by atoms with Crippen LogP contribution in [0.3, 0.4) is 0 Å². The zero-order valence-corrected chi connectivity index (χ0v) is 21.4. The van der Waals surface area contributed by atoms with Gasteiger partial charge in [-0.05, 0) is 0 Å². The molecule has 180 valence electrons. The Morgan fingerprint density at radius 1 is 1.15 bits per heavy atom. The van der Waals surface area contributed by atoms with Gasteiger partial charge in [-0.15, -0.1) is 0 Å². The molecule has 0 fully saturated rings. The summed E-state index contributed by atoms with van der Waals surface area (Å²) in [6, 6.07) is 16.0. The number of hydrogen-bond donors (Lipinski definition) is 0. The van der Waals surface area contributed by atoms with E-state index in [1.165, 1.54) is 19.2 Å². The van der Waals surface area contributed by atoms with E-state index in [1.807, 2.05) is 62.2 Å². The minimum atomic E-state index is -0.412. The van der Waals surface area contributed by atoms with Gasteiger partial charge in [0.25, 0.3) is 0 Å². The molecule has 0 saturated carbocycles. The third kappa shape index (κ3) is 6.98. The SMILES string of the molecule is COC(=O)[C@H](Cc1cn(COCc2ccccc2)c([Se]c2ccc([N+](=O)[O-])cc2)n1)[N+](C)(C)C. The number of nitro groups is 1. The quantitative estimate of drug-likeness (QED) is 0.122. The molecule has 0 saturated heterocycles. The number of esters is 1. The molecule has 3 aromatic rings. The first-order valence-electron chi connectivity index (χ1n) is 10.7. The number of aromatic nitrogens is 2. The van der Waals surface area contributed by atoms with Gasteiger partial charge in [-0.1, -0.05) is 0 Å². The number of carbonyl (C=O) groups is 1. The Hall–Kier alpha value is -3.04. The van der Waals surface area contributed by atoms with Gasteiger partial charge in [0.2, 0.25) is 0 Å². The predicted octanol–water partition coefficient (Wildman–Crippen LogP) is 1.41. The van der Waals surface area contributed by atoms with Gasteiger partial charge in [0.1, 0.15) is 0 Å². The molecular formula is C24H29N4O5Se+. The third-order valence-electron chi connectivity index (χ3n) is 5.20. The molecule has 0 aliphatic rings. The first-order chi connectivity index (χ1) is 16.2. The molecule has 3 rings (SSSR count). The summed E-state index contributed by atoms with van der Waals surface area (Å²) >= 11 is -0.208. The van der Waals surface area contributed by atoms with Crippen LogP contribution >= 0.6 is 0 Å². The van der Waals surface area contributed by atoms with Crippen molar-refractivity contribution in [2.75, 3.05) is 28.3 Å². The summed E-state index contributed by atoms with van der Waals surface area (Å²) in [4.78, 5) is 27.8. The van der Waals surface area contributed by atoms with E-state index < -0.39 is 11.0 Å². The summed E-state index contributed by atoms with van der Waals surface area (Å²) in [5.74, 6) is -0.287. The van der Waals surface area contributed by atoms with Crippen LogP contribution in [0, 0.1) is 10.1 Å². The van der Waals surface area contributed by atoms with Crippen LogP contribution in [-0.4, -0.2) is 74.2 Å². The Morgan fingerprint density at radius 2 is 1.82 bits per heavy atom. The Bertz CT molecular complexity index is 1110.